The van der Waals surface area contributed by atoms with Gasteiger partial charge < -0.3 is 14.8 Å². The molecule has 0 aliphatic carbocycles. The third kappa shape index (κ3) is 3.62. The first-order valence-electron chi connectivity index (χ1n) is 5.99. The van der Waals surface area contributed by atoms with Crippen molar-refractivity contribution >= 4 is 5.69 Å². The average Bonchev–Trinajstić information content (AvgIpc) is 2.36. The number of nitro groups is 1. The normalized spacial score (nSPS) is 23.1. The summed E-state index contributed by atoms with van der Waals surface area (Å²) in [5, 5.41) is 14.0. The summed E-state index contributed by atoms with van der Waals surface area (Å²) in [5.74, 6) is -0.650. The summed E-state index contributed by atoms with van der Waals surface area (Å²) in [4.78, 5) is 10.2. The van der Waals surface area contributed by atoms with Crippen LogP contribution in [0.4, 0.5) is 10.1 Å². The van der Waals surface area contributed by atoms with Crippen LogP contribution >= 0.6 is 0 Å². The van der Waals surface area contributed by atoms with Crippen molar-refractivity contribution in [3.63, 3.8) is 0 Å². The van der Waals surface area contributed by atoms with E-state index in [1.54, 1.807) is 0 Å². The molecule has 0 bridgehead atoms. The Bertz CT molecular complexity index is 469. The molecule has 2 rings (SSSR count). The highest BCUT2D eigenvalue weighted by Crippen LogP contribution is 2.27. The number of benzene rings is 1. The molecule has 0 radical (unpaired) electrons. The molecule has 104 valence electrons. The van der Waals surface area contributed by atoms with Crippen LogP contribution in [0.3, 0.4) is 0 Å². The number of nitrogens with one attached hydrogen (secondary N) is 1. The molecule has 6 nitrogen and oxygen atoms in total. The predicted octanol–water partition coefficient (Wildman–Crippen LogP) is 1.49. The average molecular weight is 270 g/mol. The van der Waals surface area contributed by atoms with Crippen molar-refractivity contribution in [3.8, 4) is 5.75 Å². The molecule has 0 aromatic heterocycles. The number of nitro benzene ring substituents is 1. The van der Waals surface area contributed by atoms with Gasteiger partial charge in [0.1, 0.15) is 18.5 Å². The van der Waals surface area contributed by atoms with Gasteiger partial charge in [-0.25, -0.2) is 4.39 Å². The largest absolute Gasteiger partial charge is 0.484 e. The minimum atomic E-state index is -0.600. The number of rotatable bonds is 4. The Labute approximate surface area is 109 Å². The Morgan fingerprint density at radius 1 is 1.58 bits per heavy atom. The third-order valence-electron chi connectivity index (χ3n) is 2.77. The SMILES string of the molecule is CC1CNCC(COc2cc(F)ccc2[N+](=O)[O-])O1. The van der Waals surface area contributed by atoms with Gasteiger partial charge in [-0.15, -0.1) is 0 Å². The molecule has 1 aliphatic heterocycles. The van der Waals surface area contributed by atoms with Crippen molar-refractivity contribution in [2.75, 3.05) is 19.7 Å². The minimum Gasteiger partial charge on any atom is -0.484 e. The first kappa shape index (κ1) is 13.7. The van der Waals surface area contributed by atoms with E-state index in [1.165, 1.54) is 0 Å². The van der Waals surface area contributed by atoms with E-state index in [-0.39, 0.29) is 30.3 Å². The molecule has 0 saturated carbocycles. The van der Waals surface area contributed by atoms with Crippen LogP contribution in [0, 0.1) is 15.9 Å². The van der Waals surface area contributed by atoms with E-state index >= 15 is 0 Å². The van der Waals surface area contributed by atoms with Crippen LogP contribution in [0.2, 0.25) is 0 Å². The van der Waals surface area contributed by atoms with Crippen LogP contribution in [0.15, 0.2) is 18.2 Å². The van der Waals surface area contributed by atoms with Crippen molar-refractivity contribution in [1.29, 1.82) is 0 Å². The van der Waals surface area contributed by atoms with E-state index in [4.69, 9.17) is 9.47 Å². The topological polar surface area (TPSA) is 73.6 Å². The van der Waals surface area contributed by atoms with E-state index in [9.17, 15) is 14.5 Å². The summed E-state index contributed by atoms with van der Waals surface area (Å²) in [5.41, 5.74) is -0.252. The fourth-order valence-electron chi connectivity index (χ4n) is 1.91. The second kappa shape index (κ2) is 5.94. The molecular weight excluding hydrogens is 255 g/mol. The maximum absolute atomic E-state index is 13.1. The van der Waals surface area contributed by atoms with Gasteiger partial charge in [0.05, 0.1) is 11.0 Å². The number of morpholine rings is 1. The number of ether oxygens (including phenoxy) is 2. The molecule has 2 atom stereocenters. The van der Waals surface area contributed by atoms with E-state index < -0.39 is 10.7 Å². The lowest BCUT2D eigenvalue weighted by atomic mass is 10.2. The first-order chi connectivity index (χ1) is 9.06. The molecule has 1 N–H and O–H groups in total. The van der Waals surface area contributed by atoms with Crippen LogP contribution in [0.1, 0.15) is 6.92 Å². The number of hydrogen-bond donors (Lipinski definition) is 1. The second-order valence-electron chi connectivity index (χ2n) is 4.41. The van der Waals surface area contributed by atoms with E-state index in [0.29, 0.717) is 6.54 Å². The number of nitrogens with zero attached hydrogens (tertiary/aromatic N) is 1. The molecule has 19 heavy (non-hydrogen) atoms. The van der Waals surface area contributed by atoms with E-state index in [2.05, 4.69) is 5.32 Å². The summed E-state index contributed by atoms with van der Waals surface area (Å²) in [7, 11) is 0. The van der Waals surface area contributed by atoms with Gasteiger partial charge in [0.25, 0.3) is 0 Å². The Balaban J connectivity index is 2.02. The molecule has 1 aliphatic rings. The Hall–Kier alpha value is -1.73. The van der Waals surface area contributed by atoms with Gasteiger partial charge in [0.15, 0.2) is 5.75 Å². The van der Waals surface area contributed by atoms with E-state index in [1.807, 2.05) is 6.92 Å². The summed E-state index contributed by atoms with van der Waals surface area (Å²) in [6.07, 6.45) is -0.142. The van der Waals surface area contributed by atoms with Gasteiger partial charge in [0, 0.05) is 25.2 Å². The molecule has 2 unspecified atom stereocenters. The highest BCUT2D eigenvalue weighted by atomic mass is 19.1. The van der Waals surface area contributed by atoms with Crippen LogP contribution in [0.5, 0.6) is 5.75 Å². The van der Waals surface area contributed by atoms with Gasteiger partial charge in [-0.05, 0) is 13.0 Å². The maximum atomic E-state index is 13.1. The van der Waals surface area contributed by atoms with Gasteiger partial charge in [0.2, 0.25) is 0 Å². The highest BCUT2D eigenvalue weighted by Gasteiger charge is 2.22. The van der Waals surface area contributed by atoms with Crippen molar-refractivity contribution in [3.05, 3.63) is 34.1 Å². The Morgan fingerprint density at radius 3 is 3.05 bits per heavy atom. The van der Waals surface area contributed by atoms with Gasteiger partial charge in [-0.1, -0.05) is 0 Å². The Kier molecular flexibility index (Phi) is 4.28. The van der Waals surface area contributed by atoms with Crippen molar-refractivity contribution in [2.45, 2.75) is 19.1 Å². The fourth-order valence-corrected chi connectivity index (χ4v) is 1.91. The van der Waals surface area contributed by atoms with Crippen molar-refractivity contribution < 1.29 is 18.8 Å². The third-order valence-corrected chi connectivity index (χ3v) is 2.77. The predicted molar refractivity (Wildman–Crippen MR) is 65.8 cm³/mol. The summed E-state index contributed by atoms with van der Waals surface area (Å²) in [6, 6.07) is 3.14. The van der Waals surface area contributed by atoms with Crippen LogP contribution in [-0.4, -0.2) is 36.8 Å². The zero-order valence-electron chi connectivity index (χ0n) is 10.5. The van der Waals surface area contributed by atoms with Crippen molar-refractivity contribution in [1.82, 2.24) is 5.32 Å². The summed E-state index contributed by atoms with van der Waals surface area (Å²) < 4.78 is 24.0. The molecule has 0 spiro atoms. The molecule has 1 saturated heterocycles. The van der Waals surface area contributed by atoms with Crippen LogP contribution in [-0.2, 0) is 4.74 Å². The van der Waals surface area contributed by atoms with Gasteiger partial charge >= 0.3 is 5.69 Å². The minimum absolute atomic E-state index is 0.0600. The molecule has 1 heterocycles. The molecule has 7 heteroatoms. The molecule has 0 amide bonds. The maximum Gasteiger partial charge on any atom is 0.311 e. The Morgan fingerprint density at radius 2 is 2.37 bits per heavy atom. The number of hydrogen-bond acceptors (Lipinski definition) is 5. The zero-order valence-corrected chi connectivity index (χ0v) is 10.5. The van der Waals surface area contributed by atoms with Crippen molar-refractivity contribution in [2.24, 2.45) is 0 Å². The standard InChI is InChI=1S/C12H15FN2O4/c1-8-5-14-6-10(19-8)7-18-12-4-9(13)2-3-11(12)15(16)17/h2-4,8,10,14H,5-7H2,1H3. The lowest BCUT2D eigenvalue weighted by molar-refractivity contribution is -0.386. The number of halogens is 1. The van der Waals surface area contributed by atoms with Crippen LogP contribution in [0.25, 0.3) is 0 Å². The molecule has 1 aromatic carbocycles. The fraction of sp³-hybridized carbons (Fsp3) is 0.500. The van der Waals surface area contributed by atoms with Crippen LogP contribution < -0.4 is 10.1 Å². The molecular formula is C12H15FN2O4. The molecule has 1 aromatic rings. The lowest BCUT2D eigenvalue weighted by Crippen LogP contribution is -2.45. The second-order valence-corrected chi connectivity index (χ2v) is 4.41. The summed E-state index contributed by atoms with van der Waals surface area (Å²) in [6.45, 7) is 3.43. The lowest BCUT2D eigenvalue weighted by Gasteiger charge is -2.28. The zero-order chi connectivity index (χ0) is 13.8. The smallest absolute Gasteiger partial charge is 0.311 e. The monoisotopic (exact) mass is 270 g/mol. The van der Waals surface area contributed by atoms with E-state index in [0.717, 1.165) is 24.7 Å². The quantitative estimate of drug-likeness (QED) is 0.662. The highest BCUT2D eigenvalue weighted by molar-refractivity contribution is 5.46. The van der Waals surface area contributed by atoms with Gasteiger partial charge in [-0.3, -0.25) is 10.1 Å². The first-order valence-corrected chi connectivity index (χ1v) is 5.99. The molecule has 1 fully saturated rings. The summed E-state index contributed by atoms with van der Waals surface area (Å²) >= 11 is 0. The van der Waals surface area contributed by atoms with Gasteiger partial charge in [-0.2, -0.15) is 0 Å².